The maximum atomic E-state index is 13.5. The van der Waals surface area contributed by atoms with Crippen LogP contribution in [-0.4, -0.2) is 27.0 Å². The first-order chi connectivity index (χ1) is 16.7. The summed E-state index contributed by atoms with van der Waals surface area (Å²) >= 11 is 0. The lowest BCUT2D eigenvalue weighted by molar-refractivity contribution is 0.0844. The molecular formula is C27H27N5O3. The van der Waals surface area contributed by atoms with Crippen molar-refractivity contribution in [3.05, 3.63) is 81.4 Å². The number of aromatic nitrogens is 3. The lowest BCUT2D eigenvalue weighted by Gasteiger charge is -2.35. The smallest absolute Gasteiger partial charge is 0.267 e. The van der Waals surface area contributed by atoms with Gasteiger partial charge >= 0.3 is 0 Å². The molecule has 2 aromatic carbocycles. The summed E-state index contributed by atoms with van der Waals surface area (Å²) < 4.78 is 0. The fraction of sp³-hybridized carbons (Fsp3) is 0.296. The van der Waals surface area contributed by atoms with Crippen molar-refractivity contribution in [2.75, 3.05) is 0 Å². The van der Waals surface area contributed by atoms with E-state index in [0.717, 1.165) is 41.4 Å². The number of carbonyl (C=O) groups is 2. The Morgan fingerprint density at radius 3 is 2.34 bits per heavy atom. The summed E-state index contributed by atoms with van der Waals surface area (Å²) in [5, 5.41) is 7.75. The number of para-hydroxylation sites is 1. The maximum absolute atomic E-state index is 13.5. The van der Waals surface area contributed by atoms with E-state index in [1.807, 2.05) is 24.3 Å². The van der Waals surface area contributed by atoms with Crippen LogP contribution >= 0.6 is 0 Å². The summed E-state index contributed by atoms with van der Waals surface area (Å²) in [5.74, 6) is -0.613. The first kappa shape index (κ1) is 22.7. The Bertz CT molecular complexity index is 1530. The van der Waals surface area contributed by atoms with Crippen LogP contribution in [0, 0.1) is 11.3 Å². The van der Waals surface area contributed by atoms with Gasteiger partial charge < -0.3 is 0 Å². The third kappa shape index (κ3) is 4.16. The number of fused-ring (bicyclic) bond motifs is 3. The van der Waals surface area contributed by atoms with Crippen molar-refractivity contribution in [3.8, 4) is 0 Å². The van der Waals surface area contributed by atoms with E-state index in [4.69, 9.17) is 4.98 Å². The fourth-order valence-corrected chi connectivity index (χ4v) is 4.91. The lowest BCUT2D eigenvalue weighted by Crippen LogP contribution is -2.43. The van der Waals surface area contributed by atoms with Crippen LogP contribution in [-0.2, 0) is 12.8 Å². The number of nitrogens with one attached hydrogen (secondary N) is 3. The molecule has 8 heteroatoms. The number of nitrogens with zero attached hydrogens (tertiary/aromatic N) is 2. The second kappa shape index (κ2) is 8.61. The average molecular weight is 470 g/mol. The molecule has 0 saturated carbocycles. The van der Waals surface area contributed by atoms with Gasteiger partial charge in [-0.15, -0.1) is 0 Å². The Balaban J connectivity index is 1.48. The van der Waals surface area contributed by atoms with E-state index in [2.05, 4.69) is 41.8 Å². The van der Waals surface area contributed by atoms with Crippen molar-refractivity contribution >= 4 is 33.5 Å². The SMILES string of the molecule is CC(C)(C)C1CCc2nc3ccccc3c(C(=O)NNC(=O)c3n[nH]c(=O)c4ccccc34)c2C1. The topological polar surface area (TPSA) is 117 Å². The van der Waals surface area contributed by atoms with Gasteiger partial charge in [-0.25, -0.2) is 5.10 Å². The van der Waals surface area contributed by atoms with E-state index >= 15 is 0 Å². The minimum atomic E-state index is -0.620. The number of H-pyrrole nitrogens is 1. The molecule has 1 aliphatic carbocycles. The highest BCUT2D eigenvalue weighted by Crippen LogP contribution is 2.39. The maximum Gasteiger partial charge on any atom is 0.290 e. The van der Waals surface area contributed by atoms with Crippen LogP contribution in [0.3, 0.4) is 0 Å². The van der Waals surface area contributed by atoms with Gasteiger partial charge in [-0.2, -0.15) is 5.10 Å². The molecule has 2 amide bonds. The predicted octanol–water partition coefficient (Wildman–Crippen LogP) is 3.70. The molecule has 0 spiro atoms. The zero-order valence-corrected chi connectivity index (χ0v) is 19.9. The van der Waals surface area contributed by atoms with E-state index in [9.17, 15) is 14.4 Å². The van der Waals surface area contributed by atoms with Crippen molar-refractivity contribution in [3.63, 3.8) is 0 Å². The predicted molar refractivity (Wildman–Crippen MR) is 134 cm³/mol. The molecule has 1 atom stereocenters. The van der Waals surface area contributed by atoms with Gasteiger partial charge in [-0.3, -0.25) is 30.2 Å². The van der Waals surface area contributed by atoms with Crippen molar-refractivity contribution in [1.82, 2.24) is 26.0 Å². The molecule has 4 aromatic rings. The summed E-state index contributed by atoms with van der Waals surface area (Å²) in [4.78, 5) is 43.3. The molecule has 2 heterocycles. The molecule has 0 saturated heterocycles. The van der Waals surface area contributed by atoms with Crippen molar-refractivity contribution in [2.45, 2.75) is 40.0 Å². The van der Waals surface area contributed by atoms with Gasteiger partial charge in [0.2, 0.25) is 0 Å². The molecule has 178 valence electrons. The van der Waals surface area contributed by atoms with Crippen LogP contribution in [0.25, 0.3) is 21.7 Å². The summed E-state index contributed by atoms with van der Waals surface area (Å²) in [6.45, 7) is 6.66. The monoisotopic (exact) mass is 469 g/mol. The van der Waals surface area contributed by atoms with E-state index in [-0.39, 0.29) is 16.7 Å². The molecule has 35 heavy (non-hydrogen) atoms. The molecule has 5 rings (SSSR count). The van der Waals surface area contributed by atoms with E-state index in [1.165, 1.54) is 0 Å². The lowest BCUT2D eigenvalue weighted by atomic mass is 9.70. The Kier molecular flexibility index (Phi) is 5.59. The number of hydrogen-bond acceptors (Lipinski definition) is 5. The minimum absolute atomic E-state index is 0.0231. The van der Waals surface area contributed by atoms with Crippen LogP contribution < -0.4 is 16.4 Å². The molecule has 1 unspecified atom stereocenters. The van der Waals surface area contributed by atoms with Crippen LogP contribution in [0.4, 0.5) is 0 Å². The summed E-state index contributed by atoms with van der Waals surface area (Å²) in [6, 6.07) is 14.3. The van der Waals surface area contributed by atoms with Crippen LogP contribution in [0.1, 0.15) is 59.3 Å². The highest BCUT2D eigenvalue weighted by Gasteiger charge is 2.32. The van der Waals surface area contributed by atoms with Gasteiger partial charge in [0.05, 0.1) is 16.5 Å². The Morgan fingerprint density at radius 1 is 0.943 bits per heavy atom. The van der Waals surface area contributed by atoms with Crippen molar-refractivity contribution < 1.29 is 9.59 Å². The van der Waals surface area contributed by atoms with Crippen LogP contribution in [0.5, 0.6) is 0 Å². The van der Waals surface area contributed by atoms with Gasteiger partial charge in [0, 0.05) is 16.5 Å². The quantitative estimate of drug-likeness (QED) is 0.387. The zero-order valence-electron chi connectivity index (χ0n) is 19.9. The zero-order chi connectivity index (χ0) is 24.7. The first-order valence-corrected chi connectivity index (χ1v) is 11.7. The summed E-state index contributed by atoms with van der Waals surface area (Å²) in [6.07, 6.45) is 2.58. The van der Waals surface area contributed by atoms with Gasteiger partial charge in [-0.1, -0.05) is 57.2 Å². The average Bonchev–Trinajstić information content (AvgIpc) is 2.85. The van der Waals surface area contributed by atoms with Gasteiger partial charge in [0.15, 0.2) is 5.69 Å². The molecule has 0 bridgehead atoms. The van der Waals surface area contributed by atoms with Crippen LogP contribution in [0.15, 0.2) is 53.3 Å². The second-order valence-corrected chi connectivity index (χ2v) is 10.1. The number of pyridine rings is 1. The highest BCUT2D eigenvalue weighted by atomic mass is 16.2. The van der Waals surface area contributed by atoms with Gasteiger partial charge in [-0.05, 0) is 48.3 Å². The number of carbonyl (C=O) groups excluding carboxylic acids is 2. The van der Waals surface area contributed by atoms with Crippen molar-refractivity contribution in [2.24, 2.45) is 11.3 Å². The number of hydrogen-bond donors (Lipinski definition) is 3. The number of aryl methyl sites for hydroxylation is 1. The molecule has 0 fully saturated rings. The molecule has 8 nitrogen and oxygen atoms in total. The minimum Gasteiger partial charge on any atom is -0.267 e. The third-order valence-electron chi connectivity index (χ3n) is 6.91. The van der Waals surface area contributed by atoms with Gasteiger partial charge in [0.25, 0.3) is 17.4 Å². The molecule has 3 N–H and O–H groups in total. The Morgan fingerprint density at radius 2 is 1.60 bits per heavy atom. The van der Waals surface area contributed by atoms with Crippen molar-refractivity contribution in [1.29, 1.82) is 0 Å². The second-order valence-electron chi connectivity index (χ2n) is 10.1. The van der Waals surface area contributed by atoms with E-state index < -0.39 is 11.8 Å². The number of hydrazine groups is 1. The highest BCUT2D eigenvalue weighted by molar-refractivity contribution is 6.10. The summed E-state index contributed by atoms with van der Waals surface area (Å²) in [5.41, 5.74) is 7.96. The standard InChI is InChI=1S/C27H27N5O3/c1-27(2,3)15-12-13-21-19(14-15)22(18-10-6-7-11-20(18)28-21)25(34)31-32-26(35)23-16-8-4-5-9-17(16)24(33)30-29-23/h4-11,15H,12-14H2,1-3H3,(H,30,33)(H,31,34)(H,32,35). The molecule has 0 radical (unpaired) electrons. The Labute approximate surface area is 202 Å². The number of aromatic amines is 1. The fourth-order valence-electron chi connectivity index (χ4n) is 4.91. The van der Waals surface area contributed by atoms with Crippen LogP contribution in [0.2, 0.25) is 0 Å². The number of rotatable bonds is 2. The molecule has 0 aliphatic heterocycles. The van der Waals surface area contributed by atoms with E-state index in [1.54, 1.807) is 24.3 Å². The number of benzene rings is 2. The summed E-state index contributed by atoms with van der Waals surface area (Å²) in [7, 11) is 0. The molecule has 1 aliphatic rings. The number of amides is 2. The normalized spacial score (nSPS) is 15.6. The molecule has 2 aromatic heterocycles. The third-order valence-corrected chi connectivity index (χ3v) is 6.91. The van der Waals surface area contributed by atoms with E-state index in [0.29, 0.717) is 22.3 Å². The molecular weight excluding hydrogens is 442 g/mol. The Hall–Kier alpha value is -4.07. The largest absolute Gasteiger partial charge is 0.290 e. The first-order valence-electron chi connectivity index (χ1n) is 11.7. The van der Waals surface area contributed by atoms with Gasteiger partial charge in [0.1, 0.15) is 0 Å².